The van der Waals surface area contributed by atoms with Gasteiger partial charge in [0, 0.05) is 11.4 Å². The summed E-state index contributed by atoms with van der Waals surface area (Å²) in [6.45, 7) is 0.797. The molecule has 4 heteroatoms. The average molecular weight is 271 g/mol. The number of halogens is 1. The molecule has 0 aromatic carbocycles. The van der Waals surface area contributed by atoms with Crippen LogP contribution in [-0.2, 0) is 0 Å². The molecule has 1 aromatic heterocycles. The number of hydrogen-bond acceptors (Lipinski definition) is 3. The minimum absolute atomic E-state index is 0.621. The predicted octanol–water partition coefficient (Wildman–Crippen LogP) is 3.73. The van der Waals surface area contributed by atoms with Crippen molar-refractivity contribution in [2.24, 2.45) is 11.7 Å². The number of nitrogens with zero attached hydrogens (tertiary/aromatic N) is 1. The van der Waals surface area contributed by atoms with Crippen LogP contribution in [0.4, 0.5) is 0 Å². The molecule has 2 unspecified atom stereocenters. The van der Waals surface area contributed by atoms with Crippen molar-refractivity contribution in [3.63, 3.8) is 0 Å². The third kappa shape index (κ3) is 3.87. The average Bonchev–Trinajstić information content (AvgIpc) is 2.57. The minimum atomic E-state index is 0.621. The molecule has 1 aliphatic rings. The maximum atomic E-state index is 5.89. The Kier molecular flexibility index (Phi) is 5.14. The maximum Gasteiger partial charge on any atom is 0.0963 e. The van der Waals surface area contributed by atoms with E-state index in [1.807, 2.05) is 23.9 Å². The Balaban J connectivity index is 2.01. The highest BCUT2D eigenvalue weighted by Crippen LogP contribution is 2.35. The summed E-state index contributed by atoms with van der Waals surface area (Å²) < 4.78 is 0. The SMILES string of the molecule is NCC1CCCCCC1Sc1ccc(Cl)cn1. The molecule has 0 radical (unpaired) electrons. The topological polar surface area (TPSA) is 38.9 Å². The summed E-state index contributed by atoms with van der Waals surface area (Å²) in [5.41, 5.74) is 5.89. The van der Waals surface area contributed by atoms with Crippen LogP contribution >= 0.6 is 23.4 Å². The largest absolute Gasteiger partial charge is 0.330 e. The zero-order valence-corrected chi connectivity index (χ0v) is 11.5. The molecule has 17 heavy (non-hydrogen) atoms. The monoisotopic (exact) mass is 270 g/mol. The van der Waals surface area contributed by atoms with Crippen molar-refractivity contribution >= 4 is 23.4 Å². The fourth-order valence-electron chi connectivity index (χ4n) is 2.36. The lowest BCUT2D eigenvalue weighted by Gasteiger charge is -2.22. The number of nitrogens with two attached hydrogens (primary N) is 1. The van der Waals surface area contributed by atoms with Crippen molar-refractivity contribution in [1.82, 2.24) is 4.98 Å². The highest BCUT2D eigenvalue weighted by molar-refractivity contribution is 7.99. The first-order valence-electron chi connectivity index (χ1n) is 6.28. The van der Waals surface area contributed by atoms with Gasteiger partial charge in [0.05, 0.1) is 10.0 Å². The van der Waals surface area contributed by atoms with Gasteiger partial charge in [-0.1, -0.05) is 30.9 Å². The molecule has 0 amide bonds. The van der Waals surface area contributed by atoms with E-state index in [0.29, 0.717) is 16.2 Å². The molecule has 1 heterocycles. The van der Waals surface area contributed by atoms with Gasteiger partial charge in [-0.3, -0.25) is 0 Å². The lowest BCUT2D eigenvalue weighted by atomic mass is 10.0. The van der Waals surface area contributed by atoms with Gasteiger partial charge in [0.2, 0.25) is 0 Å². The fourth-order valence-corrected chi connectivity index (χ4v) is 3.77. The Labute approximate surface area is 112 Å². The molecule has 2 rings (SSSR count). The van der Waals surface area contributed by atoms with E-state index in [2.05, 4.69) is 4.98 Å². The molecule has 0 spiro atoms. The van der Waals surface area contributed by atoms with Gasteiger partial charge in [0.1, 0.15) is 0 Å². The number of hydrogen-bond donors (Lipinski definition) is 1. The lowest BCUT2D eigenvalue weighted by molar-refractivity contribution is 0.483. The van der Waals surface area contributed by atoms with E-state index in [1.165, 1.54) is 32.1 Å². The van der Waals surface area contributed by atoms with Crippen molar-refractivity contribution in [3.8, 4) is 0 Å². The van der Waals surface area contributed by atoms with E-state index in [4.69, 9.17) is 17.3 Å². The van der Waals surface area contributed by atoms with E-state index in [0.717, 1.165) is 11.6 Å². The normalized spacial score (nSPS) is 25.5. The third-order valence-electron chi connectivity index (χ3n) is 3.36. The van der Waals surface area contributed by atoms with E-state index in [9.17, 15) is 0 Å². The smallest absolute Gasteiger partial charge is 0.0963 e. The molecule has 2 atom stereocenters. The van der Waals surface area contributed by atoms with Crippen LogP contribution in [0.5, 0.6) is 0 Å². The van der Waals surface area contributed by atoms with Crippen LogP contribution in [0.2, 0.25) is 5.02 Å². The molecular weight excluding hydrogens is 252 g/mol. The van der Waals surface area contributed by atoms with Crippen molar-refractivity contribution in [2.75, 3.05) is 6.54 Å². The van der Waals surface area contributed by atoms with Gasteiger partial charge in [-0.2, -0.15) is 0 Å². The minimum Gasteiger partial charge on any atom is -0.330 e. The standard InChI is InChI=1S/C13H19ClN2S/c14-11-6-7-13(16-9-11)17-12-5-3-1-2-4-10(12)8-15/h6-7,9-10,12H,1-5,8,15H2. The van der Waals surface area contributed by atoms with E-state index >= 15 is 0 Å². The van der Waals surface area contributed by atoms with Crippen molar-refractivity contribution < 1.29 is 0 Å². The maximum absolute atomic E-state index is 5.89. The Hall–Kier alpha value is -0.250. The quantitative estimate of drug-likeness (QED) is 0.851. The Morgan fingerprint density at radius 1 is 1.29 bits per heavy atom. The molecule has 1 fully saturated rings. The van der Waals surface area contributed by atoms with E-state index in [1.54, 1.807) is 6.20 Å². The predicted molar refractivity (Wildman–Crippen MR) is 74.5 cm³/mol. The first-order valence-corrected chi connectivity index (χ1v) is 7.53. The molecule has 2 nitrogen and oxygen atoms in total. The second-order valence-electron chi connectivity index (χ2n) is 4.60. The molecule has 1 saturated carbocycles. The molecule has 2 N–H and O–H groups in total. The van der Waals surface area contributed by atoms with Crippen LogP contribution < -0.4 is 5.73 Å². The lowest BCUT2D eigenvalue weighted by Crippen LogP contribution is -2.24. The van der Waals surface area contributed by atoms with Crippen molar-refractivity contribution in [3.05, 3.63) is 23.4 Å². The summed E-state index contributed by atoms with van der Waals surface area (Å²) in [7, 11) is 0. The van der Waals surface area contributed by atoms with Gasteiger partial charge in [-0.25, -0.2) is 4.98 Å². The Morgan fingerprint density at radius 2 is 2.12 bits per heavy atom. The first kappa shape index (κ1) is 13.2. The van der Waals surface area contributed by atoms with Crippen LogP contribution in [0, 0.1) is 5.92 Å². The Bertz CT molecular complexity index is 342. The molecule has 1 aliphatic carbocycles. The van der Waals surface area contributed by atoms with Crippen LogP contribution in [0.3, 0.4) is 0 Å². The number of pyridine rings is 1. The summed E-state index contributed by atoms with van der Waals surface area (Å²) in [6.07, 6.45) is 8.24. The van der Waals surface area contributed by atoms with Gasteiger partial charge < -0.3 is 5.73 Å². The van der Waals surface area contributed by atoms with Gasteiger partial charge in [-0.15, -0.1) is 11.8 Å². The van der Waals surface area contributed by atoms with Crippen molar-refractivity contribution in [2.45, 2.75) is 42.4 Å². The van der Waals surface area contributed by atoms with Crippen LogP contribution in [0.1, 0.15) is 32.1 Å². The highest BCUT2D eigenvalue weighted by Gasteiger charge is 2.23. The van der Waals surface area contributed by atoms with Crippen LogP contribution in [0.25, 0.3) is 0 Å². The zero-order valence-electron chi connectivity index (χ0n) is 9.94. The highest BCUT2D eigenvalue weighted by atomic mass is 35.5. The molecular formula is C13H19ClN2S. The summed E-state index contributed by atoms with van der Waals surface area (Å²) in [5, 5.41) is 2.39. The molecule has 0 aliphatic heterocycles. The zero-order chi connectivity index (χ0) is 12.1. The summed E-state index contributed by atoms with van der Waals surface area (Å²) in [6, 6.07) is 3.91. The van der Waals surface area contributed by atoms with E-state index < -0.39 is 0 Å². The summed E-state index contributed by atoms with van der Waals surface area (Å²) >= 11 is 7.71. The number of aromatic nitrogens is 1. The molecule has 94 valence electrons. The Morgan fingerprint density at radius 3 is 2.82 bits per heavy atom. The van der Waals surface area contributed by atoms with Gasteiger partial charge in [-0.05, 0) is 37.4 Å². The van der Waals surface area contributed by atoms with E-state index in [-0.39, 0.29) is 0 Å². The summed E-state index contributed by atoms with van der Waals surface area (Å²) in [4.78, 5) is 4.36. The number of thioether (sulfide) groups is 1. The molecule has 0 bridgehead atoms. The van der Waals surface area contributed by atoms with Crippen LogP contribution in [-0.4, -0.2) is 16.8 Å². The summed E-state index contributed by atoms with van der Waals surface area (Å²) in [5.74, 6) is 0.639. The van der Waals surface area contributed by atoms with Crippen molar-refractivity contribution in [1.29, 1.82) is 0 Å². The second-order valence-corrected chi connectivity index (χ2v) is 6.30. The first-order chi connectivity index (χ1) is 8.29. The molecule has 0 saturated heterocycles. The van der Waals surface area contributed by atoms with Crippen LogP contribution in [0.15, 0.2) is 23.4 Å². The fraction of sp³-hybridized carbons (Fsp3) is 0.615. The third-order valence-corrected chi connectivity index (χ3v) is 4.99. The van der Waals surface area contributed by atoms with Gasteiger partial charge >= 0.3 is 0 Å². The van der Waals surface area contributed by atoms with Gasteiger partial charge in [0.25, 0.3) is 0 Å². The second kappa shape index (κ2) is 6.62. The number of rotatable bonds is 3. The molecule has 1 aromatic rings. The van der Waals surface area contributed by atoms with Gasteiger partial charge in [0.15, 0.2) is 0 Å².